The molecule has 4 aromatic rings. The minimum absolute atomic E-state index is 0.0108. The average molecular weight is 495 g/mol. The molecule has 1 aromatic heterocycles. The van der Waals surface area contributed by atoms with E-state index in [2.05, 4.69) is 20.0 Å². The SMILES string of the molecule is O=C(Nc1ccc(S(=O)(=O)Nc2ncccn2)cc1)c1cccc(COc2ccccc2Cl)c1. The molecular weight excluding hydrogens is 476 g/mol. The number of halogens is 1. The first-order valence-electron chi connectivity index (χ1n) is 10.1. The molecule has 4 rings (SSSR count). The summed E-state index contributed by atoms with van der Waals surface area (Å²) in [5, 5.41) is 3.26. The zero-order valence-corrected chi connectivity index (χ0v) is 19.3. The van der Waals surface area contributed by atoms with Crippen LogP contribution in [0.25, 0.3) is 0 Å². The number of carbonyl (C=O) groups is 1. The number of anilines is 2. The van der Waals surface area contributed by atoms with E-state index in [4.69, 9.17) is 16.3 Å². The van der Waals surface area contributed by atoms with Crippen molar-refractivity contribution in [2.45, 2.75) is 11.5 Å². The summed E-state index contributed by atoms with van der Waals surface area (Å²) < 4.78 is 33.0. The lowest BCUT2D eigenvalue weighted by molar-refractivity contribution is 0.102. The van der Waals surface area contributed by atoms with Crippen LogP contribution >= 0.6 is 11.6 Å². The van der Waals surface area contributed by atoms with Crippen LogP contribution in [0.5, 0.6) is 5.75 Å². The van der Waals surface area contributed by atoms with Crippen LogP contribution in [0, 0.1) is 0 Å². The van der Waals surface area contributed by atoms with Gasteiger partial charge in [0.15, 0.2) is 0 Å². The third-order valence-electron chi connectivity index (χ3n) is 4.63. The molecule has 0 saturated heterocycles. The zero-order valence-electron chi connectivity index (χ0n) is 17.7. The molecule has 0 saturated carbocycles. The highest BCUT2D eigenvalue weighted by Gasteiger charge is 2.16. The lowest BCUT2D eigenvalue weighted by atomic mass is 10.1. The molecule has 172 valence electrons. The highest BCUT2D eigenvalue weighted by Crippen LogP contribution is 2.24. The van der Waals surface area contributed by atoms with Gasteiger partial charge in [0.1, 0.15) is 12.4 Å². The Hall–Kier alpha value is -3.95. The van der Waals surface area contributed by atoms with Gasteiger partial charge < -0.3 is 10.1 Å². The van der Waals surface area contributed by atoms with Gasteiger partial charge in [-0.2, -0.15) is 0 Å². The van der Waals surface area contributed by atoms with Crippen LogP contribution in [0.2, 0.25) is 5.02 Å². The Morgan fingerprint density at radius 1 is 0.912 bits per heavy atom. The van der Waals surface area contributed by atoms with Gasteiger partial charge in [-0.1, -0.05) is 35.9 Å². The standard InChI is InChI=1S/C24H19ClN4O4S/c25-21-7-1-2-8-22(21)33-16-17-5-3-6-18(15-17)23(30)28-19-9-11-20(12-10-19)34(31,32)29-24-26-13-4-14-27-24/h1-15H,16H2,(H,28,30)(H,26,27,29). The Bertz CT molecular complexity index is 1400. The molecule has 1 amide bonds. The molecule has 0 radical (unpaired) electrons. The highest BCUT2D eigenvalue weighted by molar-refractivity contribution is 7.92. The maximum atomic E-state index is 12.7. The summed E-state index contributed by atoms with van der Waals surface area (Å²) in [4.78, 5) is 20.4. The van der Waals surface area contributed by atoms with Gasteiger partial charge in [0.25, 0.3) is 15.9 Å². The molecule has 0 fully saturated rings. The second-order valence-electron chi connectivity index (χ2n) is 7.08. The lowest BCUT2D eigenvalue weighted by Gasteiger charge is -2.10. The fraction of sp³-hybridized carbons (Fsp3) is 0.0417. The number of hydrogen-bond acceptors (Lipinski definition) is 6. The summed E-state index contributed by atoms with van der Waals surface area (Å²) in [7, 11) is -3.86. The number of para-hydroxylation sites is 1. The predicted octanol–water partition coefficient (Wildman–Crippen LogP) is 4.76. The summed E-state index contributed by atoms with van der Waals surface area (Å²) in [5.41, 5.74) is 1.67. The number of benzene rings is 3. The van der Waals surface area contributed by atoms with E-state index in [-0.39, 0.29) is 23.4 Å². The number of aromatic nitrogens is 2. The van der Waals surface area contributed by atoms with E-state index in [0.717, 1.165) is 5.56 Å². The van der Waals surface area contributed by atoms with Crippen molar-refractivity contribution in [2.75, 3.05) is 10.0 Å². The summed E-state index contributed by atoms with van der Waals surface area (Å²) >= 11 is 6.11. The third kappa shape index (κ3) is 5.89. The molecule has 0 spiro atoms. The Labute approximate surface area is 201 Å². The van der Waals surface area contributed by atoms with Crippen LogP contribution in [-0.2, 0) is 16.6 Å². The molecule has 2 N–H and O–H groups in total. The molecule has 3 aromatic carbocycles. The first-order chi connectivity index (χ1) is 16.4. The van der Waals surface area contributed by atoms with Crippen molar-refractivity contribution in [3.05, 3.63) is 107 Å². The van der Waals surface area contributed by atoms with Crippen molar-refractivity contribution in [3.8, 4) is 5.75 Å². The van der Waals surface area contributed by atoms with Crippen molar-refractivity contribution in [2.24, 2.45) is 0 Å². The number of hydrogen-bond donors (Lipinski definition) is 2. The van der Waals surface area contributed by atoms with Crippen molar-refractivity contribution in [3.63, 3.8) is 0 Å². The molecule has 34 heavy (non-hydrogen) atoms. The van der Waals surface area contributed by atoms with E-state index < -0.39 is 10.0 Å². The Kier molecular flexibility index (Phi) is 7.05. The van der Waals surface area contributed by atoms with E-state index in [1.807, 2.05) is 18.2 Å². The number of amides is 1. The number of ether oxygens (including phenoxy) is 1. The van der Waals surface area contributed by atoms with Crippen LogP contribution in [-0.4, -0.2) is 24.3 Å². The Balaban J connectivity index is 1.40. The first-order valence-corrected chi connectivity index (χ1v) is 11.9. The summed E-state index contributed by atoms with van der Waals surface area (Å²) in [6.07, 6.45) is 2.86. The average Bonchev–Trinajstić information content (AvgIpc) is 2.84. The molecule has 0 aliphatic carbocycles. The molecule has 1 heterocycles. The van der Waals surface area contributed by atoms with Gasteiger partial charge in [-0.15, -0.1) is 0 Å². The molecule has 0 unspecified atom stereocenters. The fourth-order valence-corrected chi connectivity index (χ4v) is 4.13. The van der Waals surface area contributed by atoms with E-state index in [1.165, 1.54) is 36.7 Å². The molecule has 10 heteroatoms. The molecule has 0 atom stereocenters. The van der Waals surface area contributed by atoms with Gasteiger partial charge >= 0.3 is 0 Å². The zero-order chi connectivity index (χ0) is 24.0. The van der Waals surface area contributed by atoms with Gasteiger partial charge in [0, 0.05) is 23.6 Å². The molecule has 0 aliphatic rings. The fourth-order valence-electron chi connectivity index (χ4n) is 2.98. The van der Waals surface area contributed by atoms with Crippen LogP contribution < -0.4 is 14.8 Å². The summed E-state index contributed by atoms with van der Waals surface area (Å²) in [5.74, 6) is 0.187. The number of rotatable bonds is 8. The molecule has 0 aliphatic heterocycles. The van der Waals surface area contributed by atoms with Crippen molar-refractivity contribution >= 4 is 39.2 Å². The number of nitrogens with zero attached hydrogens (tertiary/aromatic N) is 2. The maximum absolute atomic E-state index is 12.7. The van der Waals surface area contributed by atoms with E-state index in [0.29, 0.717) is 22.0 Å². The highest BCUT2D eigenvalue weighted by atomic mass is 35.5. The largest absolute Gasteiger partial charge is 0.487 e. The van der Waals surface area contributed by atoms with E-state index >= 15 is 0 Å². The quantitative estimate of drug-likeness (QED) is 0.365. The van der Waals surface area contributed by atoms with Gasteiger partial charge in [0.05, 0.1) is 9.92 Å². The topological polar surface area (TPSA) is 110 Å². The summed E-state index contributed by atoms with van der Waals surface area (Å²) in [6, 6.07) is 21.5. The Morgan fingerprint density at radius 3 is 2.38 bits per heavy atom. The second kappa shape index (κ2) is 10.3. The van der Waals surface area contributed by atoms with Crippen LogP contribution in [0.3, 0.4) is 0 Å². The molecule has 8 nitrogen and oxygen atoms in total. The van der Waals surface area contributed by atoms with Crippen molar-refractivity contribution < 1.29 is 17.9 Å². The number of carbonyl (C=O) groups excluding carboxylic acids is 1. The van der Waals surface area contributed by atoms with Gasteiger partial charge in [-0.3, -0.25) is 4.79 Å². The van der Waals surface area contributed by atoms with Crippen LogP contribution in [0.1, 0.15) is 15.9 Å². The van der Waals surface area contributed by atoms with Gasteiger partial charge in [-0.05, 0) is 60.2 Å². The normalized spacial score (nSPS) is 11.0. The number of nitrogens with one attached hydrogen (secondary N) is 2. The monoisotopic (exact) mass is 494 g/mol. The van der Waals surface area contributed by atoms with E-state index in [1.54, 1.807) is 36.4 Å². The second-order valence-corrected chi connectivity index (χ2v) is 9.17. The van der Waals surface area contributed by atoms with E-state index in [9.17, 15) is 13.2 Å². The first kappa shape index (κ1) is 23.2. The van der Waals surface area contributed by atoms with Crippen molar-refractivity contribution in [1.29, 1.82) is 0 Å². The minimum Gasteiger partial charge on any atom is -0.487 e. The van der Waals surface area contributed by atoms with Crippen LogP contribution in [0.4, 0.5) is 11.6 Å². The predicted molar refractivity (Wildman–Crippen MR) is 129 cm³/mol. The van der Waals surface area contributed by atoms with Gasteiger partial charge in [-0.25, -0.2) is 23.1 Å². The van der Waals surface area contributed by atoms with Crippen molar-refractivity contribution in [1.82, 2.24) is 9.97 Å². The summed E-state index contributed by atoms with van der Waals surface area (Å²) in [6.45, 7) is 0.246. The van der Waals surface area contributed by atoms with Gasteiger partial charge in [0.2, 0.25) is 5.95 Å². The maximum Gasteiger partial charge on any atom is 0.264 e. The third-order valence-corrected chi connectivity index (χ3v) is 6.29. The number of sulfonamides is 1. The minimum atomic E-state index is -3.86. The van der Waals surface area contributed by atoms with Crippen LogP contribution in [0.15, 0.2) is 96.2 Å². The Morgan fingerprint density at radius 2 is 1.65 bits per heavy atom. The molecule has 0 bridgehead atoms. The molecular formula is C24H19ClN4O4S. The lowest BCUT2D eigenvalue weighted by Crippen LogP contribution is -2.15. The smallest absolute Gasteiger partial charge is 0.264 e.